The van der Waals surface area contributed by atoms with Crippen molar-refractivity contribution in [3.63, 3.8) is 0 Å². The van der Waals surface area contributed by atoms with E-state index in [1.807, 2.05) is 37.4 Å². The number of aromatic nitrogens is 2. The molecule has 0 amide bonds. The van der Waals surface area contributed by atoms with Gasteiger partial charge in [-0.3, -0.25) is 14.8 Å². The van der Waals surface area contributed by atoms with Crippen LogP contribution in [0.15, 0.2) is 85.5 Å². The summed E-state index contributed by atoms with van der Waals surface area (Å²) in [5, 5.41) is 26.0. The second kappa shape index (κ2) is 13.7. The number of carbonyl (C=O) groups is 1. The minimum atomic E-state index is -1.35. The first-order chi connectivity index (χ1) is 25.5. The van der Waals surface area contributed by atoms with Crippen molar-refractivity contribution >= 4 is 5.97 Å². The van der Waals surface area contributed by atoms with Crippen LogP contribution in [0, 0.1) is 10.8 Å². The highest BCUT2D eigenvalue weighted by Crippen LogP contribution is 2.62. The molecule has 0 spiro atoms. The van der Waals surface area contributed by atoms with Gasteiger partial charge in [0.15, 0.2) is 0 Å². The molecule has 3 fully saturated rings. The monoisotopic (exact) mass is 730 g/mol. The average Bonchev–Trinajstić information content (AvgIpc) is 3.90. The van der Waals surface area contributed by atoms with Crippen molar-refractivity contribution in [2.24, 2.45) is 10.8 Å². The molecule has 2 aromatic carbocycles. The SMILES string of the molecule is CCOC(=O)C1(c2cncc([C@@](O)(c3ccc(C(C)C)cc3)C3(C)CN(C)C3)c2)CC1c1cncc([C@@](O)(c2ccc(C(C)C)cc2)C2(C)CN(C)C2)c1. The quantitative estimate of drug-likeness (QED) is 0.149. The second-order valence-electron chi connectivity index (χ2n) is 17.9. The molecule has 2 aliphatic heterocycles. The number of aliphatic hydroxyl groups is 2. The van der Waals surface area contributed by atoms with Gasteiger partial charge in [0.1, 0.15) is 16.6 Å². The third-order valence-electron chi connectivity index (χ3n) is 13.1. The molecular formula is C46H58N4O4. The number of hydrogen-bond acceptors (Lipinski definition) is 8. The molecule has 2 saturated heterocycles. The van der Waals surface area contributed by atoms with Gasteiger partial charge in [-0.25, -0.2) is 0 Å². The number of carbonyl (C=O) groups excluding carboxylic acids is 1. The molecule has 4 atom stereocenters. The maximum atomic E-state index is 14.2. The van der Waals surface area contributed by atoms with E-state index in [4.69, 9.17) is 14.7 Å². The van der Waals surface area contributed by atoms with E-state index < -0.39 is 27.4 Å². The number of esters is 1. The van der Waals surface area contributed by atoms with E-state index in [2.05, 4.69) is 102 Å². The summed E-state index contributed by atoms with van der Waals surface area (Å²) < 4.78 is 5.81. The lowest BCUT2D eigenvalue weighted by atomic mass is 9.62. The smallest absolute Gasteiger partial charge is 0.317 e. The minimum Gasteiger partial charge on any atom is -0.465 e. The third-order valence-corrected chi connectivity index (χ3v) is 13.1. The lowest BCUT2D eigenvalue weighted by Crippen LogP contribution is -2.63. The Labute approximate surface area is 321 Å². The first kappa shape index (κ1) is 38.3. The van der Waals surface area contributed by atoms with Gasteiger partial charge in [0, 0.05) is 78.8 Å². The zero-order valence-corrected chi connectivity index (χ0v) is 33.6. The normalized spacial score (nSPS) is 24.3. The highest BCUT2D eigenvalue weighted by Gasteiger charge is 2.64. The van der Waals surface area contributed by atoms with E-state index in [0.29, 0.717) is 42.5 Å². The number of nitrogens with zero attached hydrogens (tertiary/aromatic N) is 4. The minimum absolute atomic E-state index is 0.243. The molecule has 4 heterocycles. The first-order valence-corrected chi connectivity index (χ1v) is 19.6. The molecule has 286 valence electrons. The summed E-state index contributed by atoms with van der Waals surface area (Å²) in [5.74, 6) is 0.173. The van der Waals surface area contributed by atoms with Gasteiger partial charge in [-0.2, -0.15) is 0 Å². The number of benzene rings is 2. The summed E-state index contributed by atoms with van der Waals surface area (Å²) in [4.78, 5) is 28.1. The predicted molar refractivity (Wildman–Crippen MR) is 212 cm³/mol. The summed E-state index contributed by atoms with van der Waals surface area (Å²) in [6, 6.07) is 20.7. The number of rotatable bonds is 12. The second-order valence-corrected chi connectivity index (χ2v) is 17.9. The molecule has 3 aliphatic rings. The van der Waals surface area contributed by atoms with E-state index in [-0.39, 0.29) is 18.5 Å². The first-order valence-electron chi connectivity index (χ1n) is 19.6. The van der Waals surface area contributed by atoms with Crippen LogP contribution in [0.25, 0.3) is 0 Å². The van der Waals surface area contributed by atoms with Gasteiger partial charge in [-0.1, -0.05) is 90.1 Å². The van der Waals surface area contributed by atoms with E-state index in [1.165, 1.54) is 11.1 Å². The zero-order valence-electron chi connectivity index (χ0n) is 33.6. The van der Waals surface area contributed by atoms with Gasteiger partial charge in [0.05, 0.1) is 6.61 Å². The largest absolute Gasteiger partial charge is 0.465 e. The number of ether oxygens (including phenoxy) is 1. The number of likely N-dealkylation sites (tertiary alicyclic amines) is 2. The maximum Gasteiger partial charge on any atom is 0.317 e. The molecule has 1 saturated carbocycles. The maximum absolute atomic E-state index is 14.2. The summed E-state index contributed by atoms with van der Waals surface area (Å²) >= 11 is 0. The van der Waals surface area contributed by atoms with Gasteiger partial charge in [0.25, 0.3) is 0 Å². The Hall–Kier alpha value is -3.95. The van der Waals surface area contributed by atoms with Gasteiger partial charge >= 0.3 is 5.97 Å². The van der Waals surface area contributed by atoms with Gasteiger partial charge in [0.2, 0.25) is 0 Å². The molecule has 4 aromatic rings. The van der Waals surface area contributed by atoms with Crippen molar-refractivity contribution in [2.75, 3.05) is 46.9 Å². The van der Waals surface area contributed by atoms with Crippen LogP contribution in [0.4, 0.5) is 0 Å². The third kappa shape index (κ3) is 5.92. The van der Waals surface area contributed by atoms with Crippen LogP contribution in [0.5, 0.6) is 0 Å². The van der Waals surface area contributed by atoms with E-state index >= 15 is 0 Å². The average molecular weight is 731 g/mol. The van der Waals surface area contributed by atoms with E-state index in [9.17, 15) is 15.0 Å². The fraction of sp³-hybridized carbons (Fsp3) is 0.500. The molecule has 54 heavy (non-hydrogen) atoms. The topological polar surface area (TPSA) is 99.0 Å². The van der Waals surface area contributed by atoms with Crippen LogP contribution in [0.2, 0.25) is 0 Å². The van der Waals surface area contributed by atoms with E-state index in [1.54, 1.807) is 18.6 Å². The molecule has 1 aliphatic carbocycles. The van der Waals surface area contributed by atoms with Crippen LogP contribution < -0.4 is 0 Å². The fourth-order valence-corrected chi connectivity index (χ4v) is 10.0. The number of pyridine rings is 2. The Bertz CT molecular complexity index is 2000. The van der Waals surface area contributed by atoms with Crippen molar-refractivity contribution in [3.05, 3.63) is 130 Å². The molecule has 2 N–H and O–H groups in total. The van der Waals surface area contributed by atoms with E-state index in [0.717, 1.165) is 35.3 Å². The predicted octanol–water partition coefficient (Wildman–Crippen LogP) is 7.09. The van der Waals surface area contributed by atoms with Crippen LogP contribution in [-0.2, 0) is 26.1 Å². The molecule has 0 radical (unpaired) electrons. The van der Waals surface area contributed by atoms with Crippen LogP contribution in [0.1, 0.15) is 117 Å². The van der Waals surface area contributed by atoms with Crippen molar-refractivity contribution in [1.29, 1.82) is 0 Å². The molecule has 8 heteroatoms. The Kier molecular flexibility index (Phi) is 9.70. The van der Waals surface area contributed by atoms with Gasteiger partial charge in [-0.05, 0) is 84.8 Å². The Morgan fingerprint density at radius 1 is 0.741 bits per heavy atom. The van der Waals surface area contributed by atoms with Crippen LogP contribution in [0.3, 0.4) is 0 Å². The lowest BCUT2D eigenvalue weighted by molar-refractivity contribution is -0.146. The van der Waals surface area contributed by atoms with Gasteiger partial charge < -0.3 is 24.7 Å². The lowest BCUT2D eigenvalue weighted by Gasteiger charge is -2.56. The fourth-order valence-electron chi connectivity index (χ4n) is 10.0. The highest BCUT2D eigenvalue weighted by atomic mass is 16.5. The molecular weight excluding hydrogens is 673 g/mol. The zero-order chi connectivity index (χ0) is 38.8. The Balaban J connectivity index is 1.31. The molecule has 8 nitrogen and oxygen atoms in total. The highest BCUT2D eigenvalue weighted by molar-refractivity contribution is 5.89. The molecule has 2 aromatic heterocycles. The summed E-state index contributed by atoms with van der Waals surface area (Å²) in [7, 11) is 4.14. The Morgan fingerprint density at radius 2 is 1.19 bits per heavy atom. The van der Waals surface area contributed by atoms with Crippen molar-refractivity contribution in [3.8, 4) is 0 Å². The standard InChI is InChI=1S/C46H58N4O4/c1-10-54-41(51)44(37-20-39(25-48-23-37)46(53,43(7)28-50(9)29-43)36-17-13-33(14-18-36)31(4)5)21-40(44)34-19-38(24-47-22-34)45(52,42(6)26-49(8)27-42)35-15-11-32(12-16-35)30(2)3/h11-20,22-25,30-31,40,52-53H,10,21,26-29H2,1-9H3/t40?,44?,45-,46-/m0/s1. The van der Waals surface area contributed by atoms with Crippen LogP contribution in [-0.4, -0.2) is 82.8 Å². The van der Waals surface area contributed by atoms with Crippen molar-refractivity contribution in [1.82, 2.24) is 19.8 Å². The van der Waals surface area contributed by atoms with Crippen LogP contribution >= 0.6 is 0 Å². The van der Waals surface area contributed by atoms with Gasteiger partial charge in [-0.15, -0.1) is 0 Å². The van der Waals surface area contributed by atoms with Crippen molar-refractivity contribution in [2.45, 2.75) is 89.3 Å². The summed E-state index contributed by atoms with van der Waals surface area (Å²) in [5.41, 5.74) is 2.41. The Morgan fingerprint density at radius 3 is 1.61 bits per heavy atom. The van der Waals surface area contributed by atoms with Crippen molar-refractivity contribution < 1.29 is 19.7 Å². The summed E-state index contributed by atoms with van der Waals surface area (Å²) in [6.45, 7) is 17.9. The molecule has 7 rings (SSSR count). The molecule has 0 bridgehead atoms. The molecule has 2 unspecified atom stereocenters. The summed E-state index contributed by atoms with van der Waals surface area (Å²) in [6.07, 6.45) is 7.61. The number of hydrogen-bond donors (Lipinski definition) is 2.